The van der Waals surface area contributed by atoms with Crippen LogP contribution in [0, 0.1) is 11.8 Å². The zero-order chi connectivity index (χ0) is 9.52. The zero-order valence-corrected chi connectivity index (χ0v) is 9.65. The lowest BCUT2D eigenvalue weighted by Crippen LogP contribution is -2.20. The number of hydrogen-bond acceptors (Lipinski definition) is 2. The zero-order valence-electron chi connectivity index (χ0n) is 8.50. The molecule has 0 radical (unpaired) electrons. The summed E-state index contributed by atoms with van der Waals surface area (Å²) in [4.78, 5) is 0. The van der Waals surface area contributed by atoms with Gasteiger partial charge in [-0.1, -0.05) is 45.4 Å². The van der Waals surface area contributed by atoms with E-state index in [9.17, 15) is 4.57 Å². The van der Waals surface area contributed by atoms with Gasteiger partial charge < -0.3 is 4.52 Å². The van der Waals surface area contributed by atoms with Crippen molar-refractivity contribution in [3.63, 3.8) is 0 Å². The van der Waals surface area contributed by atoms with Gasteiger partial charge in [-0.2, -0.15) is 0 Å². The number of hydrogen-bond donors (Lipinski definition) is 0. The standard InChI is InChI=1S/C10H21O2P/c1-2-9(8-12-13-11)10-6-4-3-5-7-10/h9-10H,2-8,13H2,1H3. The minimum absolute atomic E-state index is 0.654. The molecule has 2 unspecified atom stereocenters. The molecule has 0 amide bonds. The van der Waals surface area contributed by atoms with Gasteiger partial charge in [0.05, 0.1) is 6.61 Å². The van der Waals surface area contributed by atoms with Crippen molar-refractivity contribution in [3.8, 4) is 0 Å². The lowest BCUT2D eigenvalue weighted by Gasteiger charge is -2.28. The molecule has 0 aliphatic heterocycles. The van der Waals surface area contributed by atoms with E-state index in [0.29, 0.717) is 5.92 Å². The van der Waals surface area contributed by atoms with E-state index in [1.807, 2.05) is 0 Å². The molecule has 2 atom stereocenters. The van der Waals surface area contributed by atoms with Crippen molar-refractivity contribution in [2.75, 3.05) is 6.61 Å². The van der Waals surface area contributed by atoms with Gasteiger partial charge in [0.25, 0.3) is 0 Å². The molecule has 0 bridgehead atoms. The van der Waals surface area contributed by atoms with Crippen molar-refractivity contribution in [2.45, 2.75) is 45.4 Å². The monoisotopic (exact) mass is 204 g/mol. The summed E-state index contributed by atoms with van der Waals surface area (Å²) in [6.45, 7) is 2.93. The second-order valence-electron chi connectivity index (χ2n) is 4.00. The van der Waals surface area contributed by atoms with Crippen molar-refractivity contribution in [2.24, 2.45) is 11.8 Å². The lowest BCUT2D eigenvalue weighted by atomic mass is 9.79. The van der Waals surface area contributed by atoms with Gasteiger partial charge in [-0.25, -0.2) is 0 Å². The Balaban J connectivity index is 2.29. The van der Waals surface area contributed by atoms with Crippen LogP contribution >= 0.6 is 8.69 Å². The van der Waals surface area contributed by atoms with Crippen LogP contribution in [-0.2, 0) is 9.09 Å². The average Bonchev–Trinajstić information content (AvgIpc) is 2.21. The maximum Gasteiger partial charge on any atom is 0.179 e. The predicted molar refractivity (Wildman–Crippen MR) is 56.7 cm³/mol. The maximum atomic E-state index is 10.3. The molecule has 0 spiro atoms. The van der Waals surface area contributed by atoms with Crippen molar-refractivity contribution in [3.05, 3.63) is 0 Å². The minimum atomic E-state index is -1.00. The van der Waals surface area contributed by atoms with Gasteiger partial charge in [-0.15, -0.1) is 0 Å². The van der Waals surface area contributed by atoms with Crippen LogP contribution in [0.3, 0.4) is 0 Å². The quantitative estimate of drug-likeness (QED) is 0.642. The fourth-order valence-corrected chi connectivity index (χ4v) is 2.68. The van der Waals surface area contributed by atoms with E-state index in [2.05, 4.69) is 6.92 Å². The normalized spacial score (nSPS) is 22.5. The molecule has 1 rings (SSSR count). The van der Waals surface area contributed by atoms with Crippen LogP contribution in [0.25, 0.3) is 0 Å². The largest absolute Gasteiger partial charge is 0.332 e. The van der Waals surface area contributed by atoms with Crippen LogP contribution in [0.1, 0.15) is 45.4 Å². The van der Waals surface area contributed by atoms with Gasteiger partial charge in [-0.3, -0.25) is 4.57 Å². The van der Waals surface area contributed by atoms with Crippen molar-refractivity contribution in [1.82, 2.24) is 0 Å². The van der Waals surface area contributed by atoms with Gasteiger partial charge in [0.2, 0.25) is 0 Å². The number of rotatable bonds is 5. The van der Waals surface area contributed by atoms with Crippen LogP contribution in [0.5, 0.6) is 0 Å². The smallest absolute Gasteiger partial charge is 0.179 e. The molecule has 2 nitrogen and oxygen atoms in total. The first-order valence-corrected chi connectivity index (χ1v) is 6.38. The van der Waals surface area contributed by atoms with Crippen LogP contribution in [0.15, 0.2) is 0 Å². The van der Waals surface area contributed by atoms with E-state index in [0.717, 1.165) is 12.5 Å². The molecule has 0 heterocycles. The Morgan fingerprint density at radius 1 is 1.38 bits per heavy atom. The Morgan fingerprint density at radius 3 is 2.62 bits per heavy atom. The second-order valence-corrected chi connectivity index (χ2v) is 4.52. The highest BCUT2D eigenvalue weighted by molar-refractivity contribution is 7.17. The molecule has 1 saturated carbocycles. The van der Waals surface area contributed by atoms with E-state index in [1.54, 1.807) is 0 Å². The molecule has 0 aromatic rings. The van der Waals surface area contributed by atoms with Crippen LogP contribution in [-0.4, -0.2) is 6.61 Å². The SMILES string of the molecule is CCC(CO[PH2]=O)C1CCCCC1. The van der Waals surface area contributed by atoms with Gasteiger partial charge in [0, 0.05) is 0 Å². The summed E-state index contributed by atoms with van der Waals surface area (Å²) in [5.74, 6) is 1.49. The van der Waals surface area contributed by atoms with E-state index in [4.69, 9.17) is 4.52 Å². The van der Waals surface area contributed by atoms with Crippen LogP contribution in [0.4, 0.5) is 0 Å². The van der Waals surface area contributed by atoms with Gasteiger partial charge >= 0.3 is 0 Å². The summed E-state index contributed by atoms with van der Waals surface area (Å²) in [7, 11) is -1.00. The molecule has 1 aliphatic carbocycles. The summed E-state index contributed by atoms with van der Waals surface area (Å²) in [6, 6.07) is 0. The topological polar surface area (TPSA) is 26.3 Å². The van der Waals surface area contributed by atoms with Crippen molar-refractivity contribution >= 4 is 8.69 Å². The third-order valence-electron chi connectivity index (χ3n) is 3.22. The molecule has 0 aromatic heterocycles. The van der Waals surface area contributed by atoms with E-state index in [-0.39, 0.29) is 0 Å². The Morgan fingerprint density at radius 2 is 2.08 bits per heavy atom. The molecule has 3 heteroatoms. The minimum Gasteiger partial charge on any atom is -0.332 e. The Kier molecular flexibility index (Phi) is 5.73. The third-order valence-corrected chi connectivity index (χ3v) is 3.55. The molecule has 0 saturated heterocycles. The third kappa shape index (κ3) is 3.83. The maximum absolute atomic E-state index is 10.3. The summed E-state index contributed by atoms with van der Waals surface area (Å²) in [5.41, 5.74) is 0. The molecular weight excluding hydrogens is 183 g/mol. The lowest BCUT2D eigenvalue weighted by molar-refractivity contribution is 0.167. The molecule has 13 heavy (non-hydrogen) atoms. The molecular formula is C10H21O2P. The molecule has 78 valence electrons. The van der Waals surface area contributed by atoms with E-state index in [1.165, 1.54) is 38.5 Å². The highest BCUT2D eigenvalue weighted by atomic mass is 31.1. The van der Waals surface area contributed by atoms with Crippen molar-refractivity contribution in [1.29, 1.82) is 0 Å². The first-order chi connectivity index (χ1) is 6.38. The molecule has 0 N–H and O–H groups in total. The van der Waals surface area contributed by atoms with Gasteiger partial charge in [-0.05, 0) is 11.8 Å². The molecule has 1 fully saturated rings. The second kappa shape index (κ2) is 6.62. The first kappa shape index (κ1) is 11.3. The fraction of sp³-hybridized carbons (Fsp3) is 1.00. The molecule has 1 aliphatic rings. The van der Waals surface area contributed by atoms with E-state index >= 15 is 0 Å². The molecule has 0 aromatic carbocycles. The summed E-state index contributed by atoms with van der Waals surface area (Å²) in [5, 5.41) is 0. The van der Waals surface area contributed by atoms with Crippen LogP contribution < -0.4 is 0 Å². The van der Waals surface area contributed by atoms with Crippen LogP contribution in [0.2, 0.25) is 0 Å². The Hall–Kier alpha value is 0.190. The highest BCUT2D eigenvalue weighted by Gasteiger charge is 2.21. The van der Waals surface area contributed by atoms with Gasteiger partial charge in [0.1, 0.15) is 0 Å². The average molecular weight is 204 g/mol. The summed E-state index contributed by atoms with van der Waals surface area (Å²) >= 11 is 0. The summed E-state index contributed by atoms with van der Waals surface area (Å²) < 4.78 is 15.4. The van der Waals surface area contributed by atoms with Gasteiger partial charge in [0.15, 0.2) is 8.69 Å². The highest BCUT2D eigenvalue weighted by Crippen LogP contribution is 2.32. The van der Waals surface area contributed by atoms with E-state index < -0.39 is 8.69 Å². The fourth-order valence-electron chi connectivity index (χ4n) is 2.36. The Labute approximate surface area is 82.3 Å². The predicted octanol–water partition coefficient (Wildman–Crippen LogP) is 3.28. The Bertz CT molecular complexity index is 144. The summed E-state index contributed by atoms with van der Waals surface area (Å²) in [6.07, 6.45) is 8.05. The van der Waals surface area contributed by atoms with Crippen molar-refractivity contribution < 1.29 is 9.09 Å². The first-order valence-electron chi connectivity index (χ1n) is 5.43.